The van der Waals surface area contributed by atoms with Crippen molar-refractivity contribution < 1.29 is 4.79 Å². The maximum atomic E-state index is 12.7. The molecule has 0 bridgehead atoms. The van der Waals surface area contributed by atoms with Gasteiger partial charge in [0.15, 0.2) is 0 Å². The third-order valence-electron chi connectivity index (χ3n) is 4.68. The van der Waals surface area contributed by atoms with Crippen molar-refractivity contribution in [2.24, 2.45) is 5.92 Å². The molecule has 3 rings (SSSR count). The highest BCUT2D eigenvalue weighted by atomic mass is 16.2. The Morgan fingerprint density at radius 3 is 2.90 bits per heavy atom. The van der Waals surface area contributed by atoms with Gasteiger partial charge in [-0.2, -0.15) is 0 Å². The fraction of sp³-hybridized carbons (Fsp3) is 0.588. The second-order valence-electron chi connectivity index (χ2n) is 6.20. The maximum Gasteiger partial charge on any atom is 0.253 e. The van der Waals surface area contributed by atoms with E-state index >= 15 is 0 Å². The summed E-state index contributed by atoms with van der Waals surface area (Å²) < 4.78 is 0. The highest BCUT2D eigenvalue weighted by Gasteiger charge is 2.23. The van der Waals surface area contributed by atoms with Gasteiger partial charge in [0.1, 0.15) is 0 Å². The number of carbonyl (C=O) groups excluding carboxylic acids is 1. The first-order valence-electron chi connectivity index (χ1n) is 7.87. The summed E-state index contributed by atoms with van der Waals surface area (Å²) in [6.07, 6.45) is 7.36. The minimum Gasteiger partial charge on any atom is -0.385 e. The van der Waals surface area contributed by atoms with E-state index in [0.29, 0.717) is 5.92 Å². The molecule has 1 aromatic carbocycles. The van der Waals surface area contributed by atoms with Gasteiger partial charge in [-0.25, -0.2) is 0 Å². The highest BCUT2D eigenvalue weighted by molar-refractivity contribution is 5.97. The van der Waals surface area contributed by atoms with Crippen LogP contribution < -0.4 is 5.32 Å². The molecule has 108 valence electrons. The van der Waals surface area contributed by atoms with E-state index in [1.807, 2.05) is 24.1 Å². The fourth-order valence-corrected chi connectivity index (χ4v) is 3.58. The summed E-state index contributed by atoms with van der Waals surface area (Å²) in [5, 5.41) is 3.40. The van der Waals surface area contributed by atoms with E-state index in [0.717, 1.165) is 37.2 Å². The zero-order valence-electron chi connectivity index (χ0n) is 12.3. The number of benzene rings is 1. The van der Waals surface area contributed by atoms with E-state index in [1.165, 1.54) is 31.2 Å². The van der Waals surface area contributed by atoms with Crippen LogP contribution in [0.3, 0.4) is 0 Å². The van der Waals surface area contributed by atoms with Crippen molar-refractivity contribution in [1.29, 1.82) is 0 Å². The Hall–Kier alpha value is -1.51. The van der Waals surface area contributed by atoms with Gasteiger partial charge in [0.25, 0.3) is 5.91 Å². The zero-order valence-corrected chi connectivity index (χ0v) is 12.3. The average molecular weight is 272 g/mol. The third-order valence-corrected chi connectivity index (χ3v) is 4.68. The Morgan fingerprint density at radius 2 is 2.10 bits per heavy atom. The lowest BCUT2D eigenvalue weighted by Crippen LogP contribution is -2.32. The number of fused-ring (bicyclic) bond motifs is 1. The maximum absolute atomic E-state index is 12.7. The molecule has 0 radical (unpaired) electrons. The Labute approximate surface area is 121 Å². The lowest BCUT2D eigenvalue weighted by atomic mass is 9.96. The van der Waals surface area contributed by atoms with Crippen molar-refractivity contribution in [3.05, 3.63) is 29.3 Å². The molecule has 2 aliphatic rings. The van der Waals surface area contributed by atoms with Gasteiger partial charge in [-0.15, -0.1) is 0 Å². The molecule has 3 heteroatoms. The van der Waals surface area contributed by atoms with Gasteiger partial charge >= 0.3 is 0 Å². The molecule has 1 fully saturated rings. The first-order chi connectivity index (χ1) is 9.75. The third kappa shape index (κ3) is 2.67. The van der Waals surface area contributed by atoms with Gasteiger partial charge in [0, 0.05) is 31.4 Å². The van der Waals surface area contributed by atoms with Crippen LogP contribution >= 0.6 is 0 Å². The molecular weight excluding hydrogens is 248 g/mol. The van der Waals surface area contributed by atoms with Crippen LogP contribution in [-0.2, 0) is 6.42 Å². The first-order valence-corrected chi connectivity index (χ1v) is 7.87. The van der Waals surface area contributed by atoms with Crippen molar-refractivity contribution in [3.63, 3.8) is 0 Å². The highest BCUT2D eigenvalue weighted by Crippen LogP contribution is 2.28. The van der Waals surface area contributed by atoms with Gasteiger partial charge in [0.2, 0.25) is 0 Å². The minimum absolute atomic E-state index is 0.192. The topological polar surface area (TPSA) is 32.3 Å². The summed E-state index contributed by atoms with van der Waals surface area (Å²) in [6.45, 7) is 1.93. The van der Waals surface area contributed by atoms with Gasteiger partial charge in [-0.1, -0.05) is 18.9 Å². The smallest absolute Gasteiger partial charge is 0.253 e. The van der Waals surface area contributed by atoms with E-state index in [9.17, 15) is 4.79 Å². The molecule has 1 saturated carbocycles. The van der Waals surface area contributed by atoms with Gasteiger partial charge in [-0.05, 0) is 49.3 Å². The number of carbonyl (C=O) groups is 1. The van der Waals surface area contributed by atoms with Crippen LogP contribution in [0.15, 0.2) is 18.2 Å². The van der Waals surface area contributed by atoms with Crippen molar-refractivity contribution in [2.45, 2.75) is 38.5 Å². The SMILES string of the molecule is CN(CC1CCCC1)C(=O)c1cccc2c1CCCN2. The van der Waals surface area contributed by atoms with Crippen LogP contribution in [0, 0.1) is 5.92 Å². The molecule has 1 aliphatic heterocycles. The molecule has 3 nitrogen and oxygen atoms in total. The van der Waals surface area contributed by atoms with E-state index in [4.69, 9.17) is 0 Å². The molecule has 0 atom stereocenters. The number of hydrogen-bond donors (Lipinski definition) is 1. The van der Waals surface area contributed by atoms with E-state index < -0.39 is 0 Å². The first kappa shape index (κ1) is 13.5. The normalized spacial score (nSPS) is 18.4. The van der Waals surface area contributed by atoms with Gasteiger partial charge in [-0.3, -0.25) is 4.79 Å². The fourth-order valence-electron chi connectivity index (χ4n) is 3.58. The molecule has 0 saturated heterocycles. The predicted molar refractivity (Wildman–Crippen MR) is 82.2 cm³/mol. The van der Waals surface area contributed by atoms with Crippen molar-refractivity contribution >= 4 is 11.6 Å². The molecule has 1 aromatic rings. The molecule has 1 amide bonds. The molecule has 1 N–H and O–H groups in total. The van der Waals surface area contributed by atoms with Crippen molar-refractivity contribution in [1.82, 2.24) is 4.90 Å². The number of nitrogens with one attached hydrogen (secondary N) is 1. The number of amides is 1. The van der Waals surface area contributed by atoms with Crippen LogP contribution in [-0.4, -0.2) is 30.9 Å². The largest absolute Gasteiger partial charge is 0.385 e. The van der Waals surface area contributed by atoms with Crippen LogP contribution in [0.1, 0.15) is 48.0 Å². The Kier molecular flexibility index (Phi) is 3.95. The standard InChI is InChI=1S/C17H24N2O/c1-19(12-13-6-2-3-7-13)17(20)15-8-4-10-16-14(15)9-5-11-18-16/h4,8,10,13,18H,2-3,5-7,9,11-12H2,1H3. The molecule has 1 aliphatic carbocycles. The van der Waals surface area contributed by atoms with Crippen LogP contribution in [0.4, 0.5) is 5.69 Å². The number of rotatable bonds is 3. The second kappa shape index (κ2) is 5.86. The summed E-state index contributed by atoms with van der Waals surface area (Å²) in [5.74, 6) is 0.902. The summed E-state index contributed by atoms with van der Waals surface area (Å²) >= 11 is 0. The second-order valence-corrected chi connectivity index (χ2v) is 6.20. The zero-order chi connectivity index (χ0) is 13.9. The summed E-state index contributed by atoms with van der Waals surface area (Å²) in [7, 11) is 1.95. The Balaban J connectivity index is 1.76. The lowest BCUT2D eigenvalue weighted by Gasteiger charge is -2.25. The minimum atomic E-state index is 0.192. The quantitative estimate of drug-likeness (QED) is 0.915. The monoisotopic (exact) mass is 272 g/mol. The van der Waals surface area contributed by atoms with Gasteiger partial charge in [0.05, 0.1) is 0 Å². The Morgan fingerprint density at radius 1 is 1.30 bits per heavy atom. The molecule has 0 spiro atoms. The molecular formula is C17H24N2O. The molecule has 0 unspecified atom stereocenters. The van der Waals surface area contributed by atoms with E-state index in [-0.39, 0.29) is 5.91 Å². The lowest BCUT2D eigenvalue weighted by molar-refractivity contribution is 0.0772. The van der Waals surface area contributed by atoms with Gasteiger partial charge < -0.3 is 10.2 Å². The summed E-state index contributed by atoms with van der Waals surface area (Å²) in [4.78, 5) is 14.6. The van der Waals surface area contributed by atoms with Crippen LogP contribution in [0.2, 0.25) is 0 Å². The molecule has 0 aromatic heterocycles. The van der Waals surface area contributed by atoms with Crippen molar-refractivity contribution in [2.75, 3.05) is 25.5 Å². The number of anilines is 1. The average Bonchev–Trinajstić information content (AvgIpc) is 2.99. The van der Waals surface area contributed by atoms with Crippen LogP contribution in [0.5, 0.6) is 0 Å². The molecule has 1 heterocycles. The summed E-state index contributed by atoms with van der Waals surface area (Å²) in [6, 6.07) is 6.06. The van der Waals surface area contributed by atoms with E-state index in [2.05, 4.69) is 11.4 Å². The Bertz CT molecular complexity index is 492. The predicted octanol–water partition coefficient (Wildman–Crippen LogP) is 3.31. The van der Waals surface area contributed by atoms with Crippen LogP contribution in [0.25, 0.3) is 0 Å². The number of hydrogen-bond acceptors (Lipinski definition) is 2. The summed E-state index contributed by atoms with van der Waals surface area (Å²) in [5.41, 5.74) is 3.26. The molecule has 20 heavy (non-hydrogen) atoms. The van der Waals surface area contributed by atoms with Crippen molar-refractivity contribution in [3.8, 4) is 0 Å². The van der Waals surface area contributed by atoms with E-state index in [1.54, 1.807) is 0 Å². The number of nitrogens with zero attached hydrogens (tertiary/aromatic N) is 1.